The molecule has 0 aliphatic carbocycles. The number of hydrogen-bond acceptors (Lipinski definition) is 4. The molecule has 1 rings (SSSR count). The summed E-state index contributed by atoms with van der Waals surface area (Å²) in [6.45, 7) is 1.19. The van der Waals surface area contributed by atoms with Crippen LogP contribution >= 0.6 is 0 Å². The van der Waals surface area contributed by atoms with Gasteiger partial charge < -0.3 is 10.0 Å². The zero-order valence-electron chi connectivity index (χ0n) is 9.00. The number of amides is 1. The molecule has 16 heavy (non-hydrogen) atoms. The first kappa shape index (κ1) is 13.4. The van der Waals surface area contributed by atoms with Crippen LogP contribution in [-0.2, 0) is 15.0 Å². The molecule has 1 aliphatic rings. The molecule has 0 saturated carbocycles. The smallest absolute Gasteiger partial charge is 0.277 e. The molecule has 1 aliphatic heterocycles. The van der Waals surface area contributed by atoms with Gasteiger partial charge in [0.2, 0.25) is 5.91 Å². The number of nitrogens with zero attached hydrogens (tertiary/aromatic N) is 2. The first-order chi connectivity index (χ1) is 7.45. The maximum absolute atomic E-state index is 11.5. The summed E-state index contributed by atoms with van der Waals surface area (Å²) < 4.78 is 23.2. The van der Waals surface area contributed by atoms with Crippen LogP contribution in [0.1, 0.15) is 12.8 Å². The van der Waals surface area contributed by atoms with Crippen LogP contribution in [0.2, 0.25) is 0 Å². The van der Waals surface area contributed by atoms with Crippen molar-refractivity contribution in [2.75, 3.05) is 32.8 Å². The third kappa shape index (κ3) is 3.71. The van der Waals surface area contributed by atoms with Gasteiger partial charge >= 0.3 is 0 Å². The summed E-state index contributed by atoms with van der Waals surface area (Å²) in [5.74, 6) is -0.0527. The topological polar surface area (TPSA) is 104 Å². The first-order valence-corrected chi connectivity index (χ1v) is 6.62. The predicted octanol–water partition coefficient (Wildman–Crippen LogP) is -1.89. The summed E-state index contributed by atoms with van der Waals surface area (Å²) in [5, 5.41) is 13.6. The second kappa shape index (κ2) is 5.58. The summed E-state index contributed by atoms with van der Waals surface area (Å²) in [5.41, 5.74) is 0. The van der Waals surface area contributed by atoms with Crippen molar-refractivity contribution in [3.05, 3.63) is 0 Å². The van der Waals surface area contributed by atoms with Crippen LogP contribution in [0.15, 0.2) is 0 Å². The molecule has 0 atom stereocenters. The number of nitrogens with two attached hydrogens (primary N) is 1. The third-order valence-electron chi connectivity index (χ3n) is 2.50. The number of hydrogen-bond donors (Lipinski definition) is 2. The molecule has 8 heteroatoms. The second-order valence-electron chi connectivity index (χ2n) is 3.65. The van der Waals surface area contributed by atoms with Gasteiger partial charge in [0.25, 0.3) is 10.2 Å². The van der Waals surface area contributed by atoms with Gasteiger partial charge in [0.15, 0.2) is 0 Å². The van der Waals surface area contributed by atoms with Crippen LogP contribution < -0.4 is 5.14 Å². The SMILES string of the molecule is NS(=O)(=O)N1CCN(C(=O)CCCO)CC1. The molecule has 1 amide bonds. The highest BCUT2D eigenvalue weighted by molar-refractivity contribution is 7.86. The van der Waals surface area contributed by atoms with Crippen LogP contribution in [0.5, 0.6) is 0 Å². The lowest BCUT2D eigenvalue weighted by Crippen LogP contribution is -2.52. The van der Waals surface area contributed by atoms with Crippen molar-refractivity contribution in [2.24, 2.45) is 5.14 Å². The Morgan fingerprint density at radius 3 is 2.25 bits per heavy atom. The number of carbonyl (C=O) groups is 1. The van der Waals surface area contributed by atoms with Crippen LogP contribution in [0.4, 0.5) is 0 Å². The molecule has 0 spiro atoms. The Kier molecular flexibility index (Phi) is 4.66. The maximum atomic E-state index is 11.5. The Morgan fingerprint density at radius 1 is 1.25 bits per heavy atom. The van der Waals surface area contributed by atoms with E-state index in [-0.39, 0.29) is 25.6 Å². The number of aliphatic hydroxyl groups excluding tert-OH is 1. The minimum atomic E-state index is -3.64. The summed E-state index contributed by atoms with van der Waals surface area (Å²) >= 11 is 0. The van der Waals surface area contributed by atoms with E-state index in [9.17, 15) is 13.2 Å². The largest absolute Gasteiger partial charge is 0.396 e. The maximum Gasteiger partial charge on any atom is 0.277 e. The number of carbonyl (C=O) groups excluding carboxylic acids is 1. The van der Waals surface area contributed by atoms with E-state index in [0.717, 1.165) is 4.31 Å². The highest BCUT2D eigenvalue weighted by atomic mass is 32.2. The first-order valence-electron chi connectivity index (χ1n) is 5.11. The van der Waals surface area contributed by atoms with E-state index in [1.165, 1.54) is 0 Å². The molecule has 0 aromatic rings. The number of aliphatic hydroxyl groups is 1. The molecule has 0 radical (unpaired) electrons. The molecule has 1 saturated heterocycles. The highest BCUT2D eigenvalue weighted by Gasteiger charge is 2.25. The Hall–Kier alpha value is -0.700. The Morgan fingerprint density at radius 2 is 1.81 bits per heavy atom. The van der Waals surface area contributed by atoms with Crippen molar-refractivity contribution in [1.29, 1.82) is 0 Å². The van der Waals surface area contributed by atoms with E-state index in [1.54, 1.807) is 4.90 Å². The monoisotopic (exact) mass is 251 g/mol. The van der Waals surface area contributed by atoms with Gasteiger partial charge in [0.1, 0.15) is 0 Å². The lowest BCUT2D eigenvalue weighted by atomic mass is 10.2. The minimum absolute atomic E-state index is 0.0110. The lowest BCUT2D eigenvalue weighted by molar-refractivity contribution is -0.132. The lowest BCUT2D eigenvalue weighted by Gasteiger charge is -2.32. The summed E-state index contributed by atoms with van der Waals surface area (Å²) in [6, 6.07) is 0. The van der Waals surface area contributed by atoms with Crippen molar-refractivity contribution in [1.82, 2.24) is 9.21 Å². The van der Waals surface area contributed by atoms with Gasteiger partial charge in [-0.25, -0.2) is 5.14 Å². The van der Waals surface area contributed by atoms with Gasteiger partial charge in [0.05, 0.1) is 0 Å². The van der Waals surface area contributed by atoms with Gasteiger partial charge in [-0.2, -0.15) is 12.7 Å². The van der Waals surface area contributed by atoms with Crippen LogP contribution in [0.3, 0.4) is 0 Å². The van der Waals surface area contributed by atoms with E-state index in [0.29, 0.717) is 25.9 Å². The predicted molar refractivity (Wildman–Crippen MR) is 57.6 cm³/mol. The molecular weight excluding hydrogens is 234 g/mol. The molecule has 0 unspecified atom stereocenters. The van der Waals surface area contributed by atoms with Crippen LogP contribution in [0.25, 0.3) is 0 Å². The molecule has 1 fully saturated rings. The average molecular weight is 251 g/mol. The quantitative estimate of drug-likeness (QED) is 0.609. The fourth-order valence-electron chi connectivity index (χ4n) is 1.58. The van der Waals surface area contributed by atoms with Crippen molar-refractivity contribution in [3.63, 3.8) is 0 Å². The molecule has 3 N–H and O–H groups in total. The van der Waals surface area contributed by atoms with E-state index >= 15 is 0 Å². The average Bonchev–Trinajstić information content (AvgIpc) is 2.25. The molecule has 94 valence electrons. The van der Waals surface area contributed by atoms with Gasteiger partial charge in [-0.15, -0.1) is 0 Å². The number of rotatable bonds is 4. The Labute approximate surface area is 95.0 Å². The summed E-state index contributed by atoms with van der Waals surface area (Å²) in [6.07, 6.45) is 0.736. The summed E-state index contributed by atoms with van der Waals surface area (Å²) in [4.78, 5) is 13.1. The molecule has 0 aromatic carbocycles. The minimum Gasteiger partial charge on any atom is -0.396 e. The van der Waals surface area contributed by atoms with Crippen molar-refractivity contribution >= 4 is 16.1 Å². The normalized spacial score (nSPS) is 18.8. The third-order valence-corrected chi connectivity index (χ3v) is 3.58. The van der Waals surface area contributed by atoms with Crippen LogP contribution in [-0.4, -0.2) is 61.4 Å². The Bertz CT molecular complexity index is 335. The van der Waals surface area contributed by atoms with E-state index < -0.39 is 10.2 Å². The molecule has 0 aromatic heterocycles. The zero-order valence-corrected chi connectivity index (χ0v) is 9.82. The van der Waals surface area contributed by atoms with E-state index in [4.69, 9.17) is 10.2 Å². The standard InChI is InChI=1S/C8H17N3O4S/c9-16(14,15)11-5-3-10(4-6-11)8(13)2-1-7-12/h12H,1-7H2,(H2,9,14,15). The van der Waals surface area contributed by atoms with Crippen molar-refractivity contribution in [3.8, 4) is 0 Å². The molecule has 1 heterocycles. The van der Waals surface area contributed by atoms with Crippen molar-refractivity contribution < 1.29 is 18.3 Å². The van der Waals surface area contributed by atoms with Gasteiger partial charge in [-0.3, -0.25) is 4.79 Å². The Balaban J connectivity index is 2.40. The highest BCUT2D eigenvalue weighted by Crippen LogP contribution is 2.06. The second-order valence-corrected chi connectivity index (χ2v) is 5.20. The van der Waals surface area contributed by atoms with Crippen molar-refractivity contribution in [2.45, 2.75) is 12.8 Å². The summed E-state index contributed by atoms with van der Waals surface area (Å²) in [7, 11) is -3.64. The fourth-order valence-corrected chi connectivity index (χ4v) is 2.25. The van der Waals surface area contributed by atoms with Crippen LogP contribution in [0, 0.1) is 0 Å². The molecule has 0 bridgehead atoms. The fraction of sp³-hybridized carbons (Fsp3) is 0.875. The zero-order chi connectivity index (χ0) is 12.2. The molecule has 7 nitrogen and oxygen atoms in total. The van der Waals surface area contributed by atoms with E-state index in [1.807, 2.05) is 0 Å². The van der Waals surface area contributed by atoms with E-state index in [2.05, 4.69) is 0 Å². The van der Waals surface area contributed by atoms with Gasteiger partial charge in [-0.1, -0.05) is 0 Å². The number of piperazine rings is 1. The van der Waals surface area contributed by atoms with Gasteiger partial charge in [-0.05, 0) is 6.42 Å². The molecular formula is C8H17N3O4S. The van der Waals surface area contributed by atoms with Gasteiger partial charge in [0, 0.05) is 39.2 Å².